The van der Waals surface area contributed by atoms with Crippen molar-refractivity contribution in [3.8, 4) is 11.3 Å². The third kappa shape index (κ3) is 4.33. The molecule has 1 N–H and O–H groups in total. The largest absolute Gasteiger partial charge is 0.326 e. The highest BCUT2D eigenvalue weighted by Gasteiger charge is 2.13. The molecule has 0 saturated heterocycles. The van der Waals surface area contributed by atoms with Crippen LogP contribution >= 0.6 is 15.9 Å². The molecule has 0 aliphatic heterocycles. The van der Waals surface area contributed by atoms with Crippen LogP contribution in [-0.2, 0) is 11.3 Å². The lowest BCUT2D eigenvalue weighted by Crippen LogP contribution is -2.26. The number of nitrogens with zero attached hydrogens (tertiary/aromatic N) is 2. The molecule has 4 rings (SSSR count). The molecule has 5 nitrogen and oxygen atoms in total. The second kappa shape index (κ2) is 8.63. The zero-order valence-corrected chi connectivity index (χ0v) is 18.0. The van der Waals surface area contributed by atoms with Crippen LogP contribution in [0, 0.1) is 6.92 Å². The van der Waals surface area contributed by atoms with Gasteiger partial charge in [-0.1, -0.05) is 64.0 Å². The molecule has 0 spiro atoms. The van der Waals surface area contributed by atoms with E-state index in [9.17, 15) is 9.59 Å². The monoisotopic (exact) mass is 461 g/mol. The number of aromatic nitrogens is 2. The Morgan fingerprint density at radius 2 is 1.63 bits per heavy atom. The molecule has 0 atom stereocenters. The SMILES string of the molecule is Cc1ccc(-c2nn(CCC(=O)Nc3ccc(Br)cc3)c(=O)c3ccccc23)cc1. The summed E-state index contributed by atoms with van der Waals surface area (Å²) in [7, 11) is 0. The smallest absolute Gasteiger partial charge is 0.274 e. The van der Waals surface area contributed by atoms with Crippen molar-refractivity contribution >= 4 is 38.3 Å². The molecule has 0 saturated carbocycles. The first kappa shape index (κ1) is 20.0. The number of benzene rings is 3. The Morgan fingerprint density at radius 1 is 0.967 bits per heavy atom. The van der Waals surface area contributed by atoms with E-state index in [2.05, 4.69) is 26.3 Å². The van der Waals surface area contributed by atoms with Crippen molar-refractivity contribution in [1.82, 2.24) is 9.78 Å². The van der Waals surface area contributed by atoms with E-state index in [0.717, 1.165) is 26.7 Å². The molecule has 6 heteroatoms. The van der Waals surface area contributed by atoms with Crippen molar-refractivity contribution < 1.29 is 4.79 Å². The fraction of sp³-hybridized carbons (Fsp3) is 0.125. The molecular formula is C24H20BrN3O2. The minimum absolute atomic E-state index is 0.147. The zero-order valence-electron chi connectivity index (χ0n) is 16.4. The Kier molecular flexibility index (Phi) is 5.77. The van der Waals surface area contributed by atoms with Crippen LogP contribution in [0.1, 0.15) is 12.0 Å². The van der Waals surface area contributed by atoms with Crippen LogP contribution in [0.3, 0.4) is 0 Å². The van der Waals surface area contributed by atoms with E-state index in [4.69, 9.17) is 0 Å². The van der Waals surface area contributed by atoms with Gasteiger partial charge in [0.25, 0.3) is 5.56 Å². The van der Waals surface area contributed by atoms with Crippen LogP contribution in [0.4, 0.5) is 5.69 Å². The van der Waals surface area contributed by atoms with Gasteiger partial charge in [-0.2, -0.15) is 5.10 Å². The number of halogens is 1. The predicted molar refractivity (Wildman–Crippen MR) is 124 cm³/mol. The predicted octanol–water partition coefficient (Wildman–Crippen LogP) is 5.16. The summed E-state index contributed by atoms with van der Waals surface area (Å²) in [6.45, 7) is 2.23. The van der Waals surface area contributed by atoms with Gasteiger partial charge < -0.3 is 5.32 Å². The van der Waals surface area contributed by atoms with E-state index in [1.165, 1.54) is 4.68 Å². The topological polar surface area (TPSA) is 64.0 Å². The van der Waals surface area contributed by atoms with Gasteiger partial charge in [0.1, 0.15) is 0 Å². The van der Waals surface area contributed by atoms with E-state index < -0.39 is 0 Å². The molecule has 1 heterocycles. The summed E-state index contributed by atoms with van der Waals surface area (Å²) in [6.07, 6.45) is 0.147. The number of fused-ring (bicyclic) bond motifs is 1. The van der Waals surface area contributed by atoms with Gasteiger partial charge in [0, 0.05) is 27.5 Å². The number of hydrogen-bond acceptors (Lipinski definition) is 3. The first-order chi connectivity index (χ1) is 14.5. The lowest BCUT2D eigenvalue weighted by Gasteiger charge is -2.12. The average Bonchev–Trinajstić information content (AvgIpc) is 2.76. The van der Waals surface area contributed by atoms with Gasteiger partial charge in [0.05, 0.1) is 17.6 Å². The van der Waals surface area contributed by atoms with Crippen molar-refractivity contribution in [2.45, 2.75) is 19.9 Å². The minimum Gasteiger partial charge on any atom is -0.326 e. The first-order valence-electron chi connectivity index (χ1n) is 9.63. The minimum atomic E-state index is -0.196. The summed E-state index contributed by atoms with van der Waals surface area (Å²) in [5.41, 5.74) is 3.34. The summed E-state index contributed by atoms with van der Waals surface area (Å²) in [5, 5.41) is 8.86. The van der Waals surface area contributed by atoms with Gasteiger partial charge in [-0.15, -0.1) is 0 Å². The van der Waals surface area contributed by atoms with E-state index in [1.54, 1.807) is 6.07 Å². The summed E-state index contributed by atoms with van der Waals surface area (Å²) in [5.74, 6) is -0.170. The summed E-state index contributed by atoms with van der Waals surface area (Å²) in [6, 6.07) is 22.8. The molecule has 1 aromatic heterocycles. The van der Waals surface area contributed by atoms with Crippen molar-refractivity contribution in [2.24, 2.45) is 0 Å². The number of anilines is 1. The van der Waals surface area contributed by atoms with Gasteiger partial charge in [0.2, 0.25) is 5.91 Å². The van der Waals surface area contributed by atoms with E-state index in [1.807, 2.05) is 73.7 Å². The molecule has 0 fully saturated rings. The van der Waals surface area contributed by atoms with Crippen molar-refractivity contribution in [2.75, 3.05) is 5.32 Å². The van der Waals surface area contributed by atoms with Gasteiger partial charge >= 0.3 is 0 Å². The molecule has 4 aromatic rings. The lowest BCUT2D eigenvalue weighted by molar-refractivity contribution is -0.116. The van der Waals surface area contributed by atoms with Crippen molar-refractivity contribution in [3.63, 3.8) is 0 Å². The van der Waals surface area contributed by atoms with E-state index in [-0.39, 0.29) is 24.4 Å². The van der Waals surface area contributed by atoms with E-state index >= 15 is 0 Å². The normalized spacial score (nSPS) is 10.9. The third-order valence-electron chi connectivity index (χ3n) is 4.87. The number of aryl methyl sites for hydroxylation is 2. The van der Waals surface area contributed by atoms with Crippen molar-refractivity contribution in [1.29, 1.82) is 0 Å². The van der Waals surface area contributed by atoms with Gasteiger partial charge in [-0.3, -0.25) is 9.59 Å². The Labute approximate surface area is 182 Å². The maximum Gasteiger partial charge on any atom is 0.274 e. The molecule has 0 unspecified atom stereocenters. The van der Waals surface area contributed by atoms with Crippen LogP contribution in [0.2, 0.25) is 0 Å². The van der Waals surface area contributed by atoms with E-state index in [0.29, 0.717) is 11.1 Å². The Balaban J connectivity index is 1.63. The Bertz CT molecular complexity index is 1260. The van der Waals surface area contributed by atoms with Crippen LogP contribution < -0.4 is 10.9 Å². The third-order valence-corrected chi connectivity index (χ3v) is 5.40. The summed E-state index contributed by atoms with van der Waals surface area (Å²) >= 11 is 3.37. The molecule has 3 aromatic carbocycles. The van der Waals surface area contributed by atoms with Crippen molar-refractivity contribution in [3.05, 3.63) is 93.2 Å². The number of carbonyl (C=O) groups excluding carboxylic acids is 1. The second-order valence-corrected chi connectivity index (χ2v) is 8.01. The van der Waals surface area contributed by atoms with Gasteiger partial charge in [-0.25, -0.2) is 4.68 Å². The van der Waals surface area contributed by atoms with Crippen LogP contribution in [0.5, 0.6) is 0 Å². The highest BCUT2D eigenvalue weighted by Crippen LogP contribution is 2.25. The van der Waals surface area contributed by atoms with Crippen LogP contribution in [0.15, 0.2) is 82.1 Å². The van der Waals surface area contributed by atoms with Gasteiger partial charge in [-0.05, 0) is 37.3 Å². The highest BCUT2D eigenvalue weighted by atomic mass is 79.9. The molecule has 0 aliphatic rings. The number of carbonyl (C=O) groups is 1. The maximum atomic E-state index is 12.9. The Morgan fingerprint density at radius 3 is 2.33 bits per heavy atom. The first-order valence-corrected chi connectivity index (χ1v) is 10.4. The number of hydrogen-bond donors (Lipinski definition) is 1. The molecular weight excluding hydrogens is 442 g/mol. The zero-order chi connectivity index (χ0) is 21.1. The highest BCUT2D eigenvalue weighted by molar-refractivity contribution is 9.10. The molecule has 30 heavy (non-hydrogen) atoms. The standard InChI is InChI=1S/C24H20BrN3O2/c1-16-6-8-17(9-7-16)23-20-4-2-3-5-21(20)24(30)28(27-23)15-14-22(29)26-19-12-10-18(25)11-13-19/h2-13H,14-15H2,1H3,(H,26,29). The summed E-state index contributed by atoms with van der Waals surface area (Å²) in [4.78, 5) is 25.3. The number of nitrogens with one attached hydrogen (secondary N) is 1. The second-order valence-electron chi connectivity index (χ2n) is 7.09. The maximum absolute atomic E-state index is 12.9. The lowest BCUT2D eigenvalue weighted by atomic mass is 10.0. The quantitative estimate of drug-likeness (QED) is 0.446. The molecule has 0 aliphatic carbocycles. The molecule has 150 valence electrons. The van der Waals surface area contributed by atoms with Crippen LogP contribution in [0.25, 0.3) is 22.0 Å². The fourth-order valence-corrected chi connectivity index (χ4v) is 3.54. The molecule has 0 radical (unpaired) electrons. The Hall–Kier alpha value is -3.25. The molecule has 0 bridgehead atoms. The van der Waals surface area contributed by atoms with Crippen LogP contribution in [-0.4, -0.2) is 15.7 Å². The fourth-order valence-electron chi connectivity index (χ4n) is 3.28. The molecule has 1 amide bonds. The number of amides is 1. The average molecular weight is 462 g/mol. The van der Waals surface area contributed by atoms with Gasteiger partial charge in [0.15, 0.2) is 0 Å². The number of rotatable bonds is 5. The summed E-state index contributed by atoms with van der Waals surface area (Å²) < 4.78 is 2.33.